The lowest BCUT2D eigenvalue weighted by molar-refractivity contribution is 0.190. The average Bonchev–Trinajstić information content (AvgIpc) is 2.41. The van der Waals surface area contributed by atoms with Gasteiger partial charge in [0.25, 0.3) is 0 Å². The molecule has 0 aromatic heterocycles. The van der Waals surface area contributed by atoms with Gasteiger partial charge in [-0.1, -0.05) is 37.3 Å². The van der Waals surface area contributed by atoms with Crippen LogP contribution in [0.3, 0.4) is 0 Å². The molecule has 0 amide bonds. The van der Waals surface area contributed by atoms with Crippen molar-refractivity contribution < 1.29 is 0 Å². The molecular weight excluding hydrogens is 208 g/mol. The molecule has 2 nitrogen and oxygen atoms in total. The van der Waals surface area contributed by atoms with Crippen LogP contribution in [-0.4, -0.2) is 31.1 Å². The Kier molecular flexibility index (Phi) is 5.02. The van der Waals surface area contributed by atoms with Gasteiger partial charge in [0.15, 0.2) is 0 Å². The summed E-state index contributed by atoms with van der Waals surface area (Å²) in [6.07, 6.45) is 2.71. The van der Waals surface area contributed by atoms with E-state index in [1.165, 1.54) is 44.6 Å². The van der Waals surface area contributed by atoms with Gasteiger partial charge in [-0.2, -0.15) is 0 Å². The Hall–Kier alpha value is -0.860. The molecule has 0 unspecified atom stereocenters. The Balaban J connectivity index is 1.63. The summed E-state index contributed by atoms with van der Waals surface area (Å²) in [5.74, 6) is 0.876. The molecule has 17 heavy (non-hydrogen) atoms. The van der Waals surface area contributed by atoms with Crippen LogP contribution in [-0.2, 0) is 6.54 Å². The van der Waals surface area contributed by atoms with Crippen molar-refractivity contribution >= 4 is 0 Å². The van der Waals surface area contributed by atoms with Crippen LogP contribution in [0.25, 0.3) is 0 Å². The van der Waals surface area contributed by atoms with Gasteiger partial charge in [0, 0.05) is 6.54 Å². The van der Waals surface area contributed by atoms with Crippen molar-refractivity contribution in [3.8, 4) is 0 Å². The van der Waals surface area contributed by atoms with Crippen LogP contribution in [0, 0.1) is 5.92 Å². The zero-order chi connectivity index (χ0) is 11.9. The molecule has 1 heterocycles. The maximum Gasteiger partial charge on any atom is 0.0205 e. The first-order chi connectivity index (χ1) is 8.38. The zero-order valence-electron chi connectivity index (χ0n) is 10.9. The third-order valence-electron chi connectivity index (χ3n) is 3.76. The van der Waals surface area contributed by atoms with Crippen molar-refractivity contribution in [2.45, 2.75) is 26.3 Å². The summed E-state index contributed by atoms with van der Waals surface area (Å²) in [6.45, 7) is 8.22. The lowest BCUT2D eigenvalue weighted by atomic mass is 9.97. The largest absolute Gasteiger partial charge is 0.312 e. The minimum absolute atomic E-state index is 0.876. The van der Waals surface area contributed by atoms with E-state index in [9.17, 15) is 0 Å². The predicted octanol–water partition coefficient (Wildman–Crippen LogP) is 2.51. The fourth-order valence-electron chi connectivity index (χ4n) is 2.52. The highest BCUT2D eigenvalue weighted by Gasteiger charge is 2.17. The molecule has 2 rings (SSSR count). The van der Waals surface area contributed by atoms with Crippen molar-refractivity contribution in [1.29, 1.82) is 0 Å². The van der Waals surface area contributed by atoms with E-state index in [2.05, 4.69) is 47.5 Å². The van der Waals surface area contributed by atoms with E-state index < -0.39 is 0 Å². The molecule has 0 aliphatic carbocycles. The number of nitrogens with zero attached hydrogens (tertiary/aromatic N) is 1. The Labute approximate surface area is 105 Å². The van der Waals surface area contributed by atoms with Crippen molar-refractivity contribution in [3.05, 3.63) is 35.9 Å². The molecule has 1 aliphatic rings. The van der Waals surface area contributed by atoms with Crippen molar-refractivity contribution in [3.63, 3.8) is 0 Å². The molecule has 1 N–H and O–H groups in total. The number of likely N-dealkylation sites (tertiary alicyclic amines) is 1. The quantitative estimate of drug-likeness (QED) is 0.839. The summed E-state index contributed by atoms with van der Waals surface area (Å²) in [4.78, 5) is 2.55. The second-order valence-corrected chi connectivity index (χ2v) is 4.99. The Morgan fingerprint density at radius 1 is 1.18 bits per heavy atom. The fourth-order valence-corrected chi connectivity index (χ4v) is 2.52. The summed E-state index contributed by atoms with van der Waals surface area (Å²) >= 11 is 0. The topological polar surface area (TPSA) is 15.3 Å². The molecule has 0 bridgehead atoms. The van der Waals surface area contributed by atoms with Gasteiger partial charge >= 0.3 is 0 Å². The molecule has 1 fully saturated rings. The molecule has 94 valence electrons. The summed E-state index contributed by atoms with van der Waals surface area (Å²) in [6, 6.07) is 10.7. The third-order valence-corrected chi connectivity index (χ3v) is 3.76. The van der Waals surface area contributed by atoms with Crippen molar-refractivity contribution in [2.24, 2.45) is 5.92 Å². The monoisotopic (exact) mass is 232 g/mol. The Morgan fingerprint density at radius 2 is 1.88 bits per heavy atom. The summed E-state index contributed by atoms with van der Waals surface area (Å²) in [5.41, 5.74) is 1.39. The van der Waals surface area contributed by atoms with Crippen molar-refractivity contribution in [2.75, 3.05) is 26.2 Å². The second kappa shape index (κ2) is 6.77. The standard InChI is InChI=1S/C15H24N2/c1-2-17-10-8-15(9-11-17)13-16-12-14-6-4-3-5-7-14/h3-7,15-16H,2,8-13H2,1H3. The number of piperidine rings is 1. The van der Waals surface area contributed by atoms with E-state index in [1.54, 1.807) is 0 Å². The smallest absolute Gasteiger partial charge is 0.0205 e. The van der Waals surface area contributed by atoms with E-state index in [0.29, 0.717) is 0 Å². The zero-order valence-corrected chi connectivity index (χ0v) is 10.9. The lowest BCUT2D eigenvalue weighted by Crippen LogP contribution is -2.36. The molecule has 1 aromatic carbocycles. The minimum Gasteiger partial charge on any atom is -0.312 e. The number of rotatable bonds is 5. The first-order valence-electron chi connectivity index (χ1n) is 6.85. The van der Waals surface area contributed by atoms with Gasteiger partial charge in [0.1, 0.15) is 0 Å². The van der Waals surface area contributed by atoms with Gasteiger partial charge < -0.3 is 10.2 Å². The van der Waals surface area contributed by atoms with Gasteiger partial charge in [-0.05, 0) is 50.5 Å². The second-order valence-electron chi connectivity index (χ2n) is 4.99. The summed E-state index contributed by atoms with van der Waals surface area (Å²) < 4.78 is 0. The normalized spacial score (nSPS) is 18.4. The maximum absolute atomic E-state index is 3.59. The first-order valence-corrected chi connectivity index (χ1v) is 6.85. The molecule has 0 spiro atoms. The van der Waals surface area contributed by atoms with E-state index in [-0.39, 0.29) is 0 Å². The number of hydrogen-bond donors (Lipinski definition) is 1. The van der Waals surface area contributed by atoms with Gasteiger partial charge in [-0.25, -0.2) is 0 Å². The predicted molar refractivity (Wildman–Crippen MR) is 73.0 cm³/mol. The molecule has 1 aliphatic heterocycles. The van der Waals surface area contributed by atoms with Crippen LogP contribution in [0.1, 0.15) is 25.3 Å². The van der Waals surface area contributed by atoms with E-state index >= 15 is 0 Å². The highest BCUT2D eigenvalue weighted by molar-refractivity contribution is 5.14. The minimum atomic E-state index is 0.876. The Bertz CT molecular complexity index is 302. The number of nitrogens with one attached hydrogen (secondary N) is 1. The summed E-state index contributed by atoms with van der Waals surface area (Å²) in [5, 5.41) is 3.59. The molecule has 0 atom stereocenters. The Morgan fingerprint density at radius 3 is 2.53 bits per heavy atom. The van der Waals surface area contributed by atoms with E-state index in [0.717, 1.165) is 12.5 Å². The maximum atomic E-state index is 3.59. The van der Waals surface area contributed by atoms with E-state index in [4.69, 9.17) is 0 Å². The summed E-state index contributed by atoms with van der Waals surface area (Å²) in [7, 11) is 0. The highest BCUT2D eigenvalue weighted by Crippen LogP contribution is 2.15. The average molecular weight is 232 g/mol. The van der Waals surface area contributed by atoms with Gasteiger partial charge in [-0.15, -0.1) is 0 Å². The van der Waals surface area contributed by atoms with Crippen LogP contribution in [0.4, 0.5) is 0 Å². The molecule has 1 saturated heterocycles. The van der Waals surface area contributed by atoms with Gasteiger partial charge in [0.2, 0.25) is 0 Å². The molecular formula is C15H24N2. The van der Waals surface area contributed by atoms with Crippen molar-refractivity contribution in [1.82, 2.24) is 10.2 Å². The van der Waals surface area contributed by atoms with Gasteiger partial charge in [-0.3, -0.25) is 0 Å². The van der Waals surface area contributed by atoms with E-state index in [1.807, 2.05) is 0 Å². The van der Waals surface area contributed by atoms with Crippen LogP contribution in [0.2, 0.25) is 0 Å². The SMILES string of the molecule is CCN1CCC(CNCc2ccccc2)CC1. The van der Waals surface area contributed by atoms with Crippen LogP contribution >= 0.6 is 0 Å². The molecule has 0 saturated carbocycles. The van der Waals surface area contributed by atoms with Crippen LogP contribution < -0.4 is 5.32 Å². The van der Waals surface area contributed by atoms with Gasteiger partial charge in [0.05, 0.1) is 0 Å². The first kappa shape index (κ1) is 12.6. The number of hydrogen-bond acceptors (Lipinski definition) is 2. The molecule has 1 aromatic rings. The van der Waals surface area contributed by atoms with Crippen LogP contribution in [0.5, 0.6) is 0 Å². The molecule has 0 radical (unpaired) electrons. The van der Waals surface area contributed by atoms with Crippen LogP contribution in [0.15, 0.2) is 30.3 Å². The fraction of sp³-hybridized carbons (Fsp3) is 0.600. The molecule has 2 heteroatoms. The number of benzene rings is 1. The highest BCUT2D eigenvalue weighted by atomic mass is 15.1. The lowest BCUT2D eigenvalue weighted by Gasteiger charge is -2.31. The third kappa shape index (κ3) is 4.14.